The van der Waals surface area contributed by atoms with Gasteiger partial charge >= 0.3 is 5.69 Å². The minimum Gasteiger partial charge on any atom is -0.325 e. The first-order chi connectivity index (χ1) is 10.5. The molecule has 6 nitrogen and oxygen atoms in total. The summed E-state index contributed by atoms with van der Waals surface area (Å²) in [6.07, 6.45) is 0. The Kier molecular flexibility index (Phi) is 5.61. The van der Waals surface area contributed by atoms with Gasteiger partial charge in [0.2, 0.25) is 5.91 Å². The van der Waals surface area contributed by atoms with Crippen LogP contribution in [0.2, 0.25) is 0 Å². The number of hydrogen-bond acceptors (Lipinski definition) is 5. The third-order valence-corrected chi connectivity index (χ3v) is 4.29. The van der Waals surface area contributed by atoms with Crippen LogP contribution in [-0.4, -0.2) is 32.2 Å². The minimum atomic E-state index is -2.47. The van der Waals surface area contributed by atoms with Gasteiger partial charge in [0.1, 0.15) is 0 Å². The predicted molar refractivity (Wildman–Crippen MR) is 81.5 cm³/mol. The Morgan fingerprint density at radius 1 is 1.41 bits per heavy atom. The molecule has 2 aromatic rings. The number of carbonyl (C=O) groups excluding carboxylic acids is 1. The molecule has 0 fully saturated rings. The van der Waals surface area contributed by atoms with Crippen molar-refractivity contribution in [3.05, 3.63) is 34.7 Å². The molecule has 2 rings (SSSR count). The predicted octanol–water partition coefficient (Wildman–Crippen LogP) is 2.15. The van der Waals surface area contributed by atoms with Gasteiger partial charge in [-0.1, -0.05) is 23.5 Å². The maximum absolute atomic E-state index is 12.2. The fraction of sp³-hybridized carbons (Fsp3) is 0.250. The molecular formula is C12H12F2N4O2S2. The maximum Gasteiger partial charge on any atom is 0.343 e. The smallest absolute Gasteiger partial charge is 0.325 e. The highest BCUT2D eigenvalue weighted by Gasteiger charge is 2.09. The molecule has 0 atom stereocenters. The molecule has 0 aliphatic heterocycles. The van der Waals surface area contributed by atoms with Crippen LogP contribution in [0, 0.1) is 0 Å². The number of rotatable bonds is 6. The van der Waals surface area contributed by atoms with Gasteiger partial charge in [0.25, 0.3) is 5.76 Å². The first kappa shape index (κ1) is 16.6. The largest absolute Gasteiger partial charge is 0.343 e. The van der Waals surface area contributed by atoms with Crippen LogP contribution in [-0.2, 0) is 11.8 Å². The van der Waals surface area contributed by atoms with E-state index in [1.165, 1.54) is 16.7 Å². The molecule has 0 bridgehead atoms. The zero-order chi connectivity index (χ0) is 16.1. The van der Waals surface area contributed by atoms with Crippen LogP contribution < -0.4 is 11.0 Å². The summed E-state index contributed by atoms with van der Waals surface area (Å²) < 4.78 is 25.7. The van der Waals surface area contributed by atoms with Crippen molar-refractivity contribution >= 4 is 35.1 Å². The Hall–Kier alpha value is -1.81. The number of thioether (sulfide) groups is 2. The number of alkyl halides is 2. The van der Waals surface area contributed by atoms with Gasteiger partial charge in [0, 0.05) is 17.6 Å². The molecular weight excluding hydrogens is 334 g/mol. The van der Waals surface area contributed by atoms with Gasteiger partial charge in [-0.15, -0.1) is 5.10 Å². The van der Waals surface area contributed by atoms with Crippen molar-refractivity contribution < 1.29 is 13.6 Å². The summed E-state index contributed by atoms with van der Waals surface area (Å²) in [7, 11) is 1.55. The summed E-state index contributed by atoms with van der Waals surface area (Å²) in [4.78, 5) is 23.4. The van der Waals surface area contributed by atoms with Gasteiger partial charge < -0.3 is 5.32 Å². The van der Waals surface area contributed by atoms with Crippen LogP contribution in [0.15, 0.2) is 39.1 Å². The highest BCUT2D eigenvalue weighted by Crippen LogP contribution is 2.26. The van der Waals surface area contributed by atoms with E-state index < -0.39 is 5.76 Å². The molecule has 0 aliphatic carbocycles. The summed E-state index contributed by atoms with van der Waals surface area (Å²) in [5.41, 5.74) is 0.162. The van der Waals surface area contributed by atoms with Gasteiger partial charge in [-0.05, 0) is 24.3 Å². The molecule has 10 heteroatoms. The number of nitrogens with one attached hydrogen (secondary N) is 2. The van der Waals surface area contributed by atoms with E-state index in [9.17, 15) is 18.4 Å². The number of anilines is 1. The van der Waals surface area contributed by atoms with Crippen LogP contribution in [0.25, 0.3) is 0 Å². The summed E-state index contributed by atoms with van der Waals surface area (Å²) in [5, 5.41) is 9.08. The quantitative estimate of drug-likeness (QED) is 0.784. The molecule has 1 aromatic carbocycles. The number of amides is 1. The molecule has 1 amide bonds. The number of aromatic nitrogens is 3. The van der Waals surface area contributed by atoms with Crippen LogP contribution >= 0.6 is 23.5 Å². The average Bonchev–Trinajstić information content (AvgIpc) is 2.78. The zero-order valence-corrected chi connectivity index (χ0v) is 13.0. The Morgan fingerprint density at radius 3 is 2.64 bits per heavy atom. The van der Waals surface area contributed by atoms with Crippen LogP contribution in [0.1, 0.15) is 0 Å². The lowest BCUT2D eigenvalue weighted by atomic mass is 10.3. The van der Waals surface area contributed by atoms with Gasteiger partial charge in [0.15, 0.2) is 5.16 Å². The van der Waals surface area contributed by atoms with E-state index in [1.807, 2.05) is 0 Å². The summed E-state index contributed by atoms with van der Waals surface area (Å²) in [5.74, 6) is -2.68. The highest BCUT2D eigenvalue weighted by molar-refractivity contribution is 8.00. The zero-order valence-electron chi connectivity index (χ0n) is 11.4. The van der Waals surface area contributed by atoms with Gasteiger partial charge in [-0.2, -0.15) is 8.78 Å². The molecule has 0 radical (unpaired) electrons. The van der Waals surface area contributed by atoms with Crippen molar-refractivity contribution in [3.63, 3.8) is 0 Å². The fourth-order valence-corrected chi connectivity index (χ4v) is 2.73. The summed E-state index contributed by atoms with van der Waals surface area (Å²) >= 11 is 1.56. The average molecular weight is 346 g/mol. The molecule has 118 valence electrons. The second kappa shape index (κ2) is 7.45. The second-order valence-corrected chi connectivity index (χ2v) is 6.12. The van der Waals surface area contributed by atoms with E-state index in [-0.39, 0.29) is 17.3 Å². The Balaban J connectivity index is 1.86. The maximum atomic E-state index is 12.2. The van der Waals surface area contributed by atoms with E-state index in [0.29, 0.717) is 27.5 Å². The fourth-order valence-electron chi connectivity index (χ4n) is 1.51. The summed E-state index contributed by atoms with van der Waals surface area (Å²) in [6.45, 7) is 0. The number of carbonyl (C=O) groups is 1. The molecule has 0 saturated heterocycles. The minimum absolute atomic E-state index is 0.0751. The van der Waals surface area contributed by atoms with Gasteiger partial charge in [-0.25, -0.2) is 9.89 Å². The molecule has 0 unspecified atom stereocenters. The van der Waals surface area contributed by atoms with E-state index in [0.717, 1.165) is 11.8 Å². The molecule has 1 heterocycles. The standard InChI is InChI=1S/C12H12F2N4O2S2/c1-18-11(20)16-17-12(18)21-6-9(19)15-7-2-4-8(5-3-7)22-10(13)14/h2-5,10H,6H2,1H3,(H,15,19)(H,16,20). The Labute approximate surface area is 132 Å². The molecule has 0 spiro atoms. The van der Waals surface area contributed by atoms with E-state index in [4.69, 9.17) is 0 Å². The Morgan fingerprint density at radius 2 is 2.09 bits per heavy atom. The topological polar surface area (TPSA) is 79.8 Å². The first-order valence-electron chi connectivity index (χ1n) is 6.04. The molecule has 0 aliphatic rings. The molecule has 2 N–H and O–H groups in total. The van der Waals surface area contributed by atoms with Crippen LogP contribution in [0.3, 0.4) is 0 Å². The van der Waals surface area contributed by atoms with Crippen molar-refractivity contribution in [1.29, 1.82) is 0 Å². The second-order valence-electron chi connectivity index (χ2n) is 4.11. The Bertz CT molecular complexity index is 700. The van der Waals surface area contributed by atoms with Crippen molar-refractivity contribution in [1.82, 2.24) is 14.8 Å². The number of halogens is 2. The molecule has 0 saturated carbocycles. The summed E-state index contributed by atoms with van der Waals surface area (Å²) in [6, 6.07) is 6.13. The first-order valence-corrected chi connectivity index (χ1v) is 7.91. The highest BCUT2D eigenvalue weighted by atomic mass is 32.2. The van der Waals surface area contributed by atoms with Crippen molar-refractivity contribution in [3.8, 4) is 0 Å². The SMILES string of the molecule is Cn1c(SCC(=O)Nc2ccc(SC(F)F)cc2)n[nH]c1=O. The number of aromatic amines is 1. The van der Waals surface area contributed by atoms with E-state index in [1.54, 1.807) is 19.2 Å². The number of H-pyrrole nitrogens is 1. The number of benzene rings is 1. The number of hydrogen-bond donors (Lipinski definition) is 2. The van der Waals surface area contributed by atoms with Crippen molar-refractivity contribution in [2.75, 3.05) is 11.1 Å². The lowest BCUT2D eigenvalue weighted by Crippen LogP contribution is -2.16. The lowest BCUT2D eigenvalue weighted by Gasteiger charge is -2.06. The normalized spacial score (nSPS) is 10.9. The monoisotopic (exact) mass is 346 g/mol. The van der Waals surface area contributed by atoms with Crippen molar-refractivity contribution in [2.45, 2.75) is 15.8 Å². The molecule has 22 heavy (non-hydrogen) atoms. The van der Waals surface area contributed by atoms with Crippen LogP contribution in [0.5, 0.6) is 0 Å². The van der Waals surface area contributed by atoms with Gasteiger partial charge in [-0.3, -0.25) is 9.36 Å². The van der Waals surface area contributed by atoms with Crippen molar-refractivity contribution in [2.24, 2.45) is 7.05 Å². The van der Waals surface area contributed by atoms with E-state index >= 15 is 0 Å². The van der Waals surface area contributed by atoms with E-state index in [2.05, 4.69) is 15.5 Å². The van der Waals surface area contributed by atoms with Crippen LogP contribution in [0.4, 0.5) is 14.5 Å². The molecule has 1 aromatic heterocycles. The van der Waals surface area contributed by atoms with Gasteiger partial charge in [0.05, 0.1) is 5.75 Å². The number of nitrogens with zero attached hydrogens (tertiary/aromatic N) is 2. The third kappa shape index (κ3) is 4.60. The third-order valence-electron chi connectivity index (χ3n) is 2.53. The lowest BCUT2D eigenvalue weighted by molar-refractivity contribution is -0.113.